The second kappa shape index (κ2) is 5.38. The summed E-state index contributed by atoms with van der Waals surface area (Å²) in [6, 6.07) is 5.83. The summed E-state index contributed by atoms with van der Waals surface area (Å²) in [6.45, 7) is 4.71. The number of hydrogen-bond donors (Lipinski definition) is 1. The molecule has 1 aliphatic heterocycles. The lowest BCUT2D eigenvalue weighted by molar-refractivity contribution is 0.240. The van der Waals surface area contributed by atoms with Crippen molar-refractivity contribution in [1.82, 2.24) is 25.1 Å². The maximum Gasteiger partial charge on any atom is 0.195 e. The molecule has 3 aromatic heterocycles. The van der Waals surface area contributed by atoms with Crippen LogP contribution in [0.1, 0.15) is 22.6 Å². The van der Waals surface area contributed by atoms with Gasteiger partial charge in [-0.05, 0) is 25.1 Å². The minimum absolute atomic E-state index is 0.667. The zero-order valence-electron chi connectivity index (χ0n) is 12.4. The molecular weight excluding hydrogens is 278 g/mol. The summed E-state index contributed by atoms with van der Waals surface area (Å²) in [5.74, 6) is 1.39. The summed E-state index contributed by atoms with van der Waals surface area (Å²) in [6.07, 6.45) is 4.49. The molecule has 6 heteroatoms. The van der Waals surface area contributed by atoms with E-state index < -0.39 is 0 Å². The van der Waals surface area contributed by atoms with Crippen LogP contribution in [0.5, 0.6) is 0 Å². The van der Waals surface area contributed by atoms with Crippen LogP contribution in [0, 0.1) is 6.92 Å². The molecule has 0 bridgehead atoms. The molecule has 0 fully saturated rings. The molecular formula is C16H17N5O. The van der Waals surface area contributed by atoms with Crippen LogP contribution in [0.2, 0.25) is 0 Å². The Balaban J connectivity index is 1.52. The molecule has 0 saturated heterocycles. The van der Waals surface area contributed by atoms with E-state index in [4.69, 9.17) is 4.42 Å². The van der Waals surface area contributed by atoms with Gasteiger partial charge in [0.1, 0.15) is 0 Å². The van der Waals surface area contributed by atoms with Gasteiger partial charge < -0.3 is 4.42 Å². The fraction of sp³-hybridized carbons (Fsp3) is 0.312. The Hall–Kier alpha value is -2.47. The Morgan fingerprint density at radius 3 is 3.14 bits per heavy atom. The second-order valence-corrected chi connectivity index (χ2v) is 5.65. The quantitative estimate of drug-likeness (QED) is 0.803. The SMILES string of the molecule is Cc1cc(CN2CCc3nc(-c4ccco4)ncc3C2)n[nH]1. The van der Waals surface area contributed by atoms with E-state index >= 15 is 0 Å². The molecule has 0 radical (unpaired) electrons. The zero-order valence-corrected chi connectivity index (χ0v) is 12.4. The van der Waals surface area contributed by atoms with Crippen molar-refractivity contribution in [1.29, 1.82) is 0 Å². The number of rotatable bonds is 3. The molecule has 3 aromatic rings. The number of aromatic nitrogens is 4. The number of aryl methyl sites for hydroxylation is 1. The highest BCUT2D eigenvalue weighted by molar-refractivity contribution is 5.46. The van der Waals surface area contributed by atoms with Crippen molar-refractivity contribution in [3.63, 3.8) is 0 Å². The van der Waals surface area contributed by atoms with Crippen LogP contribution in [0.3, 0.4) is 0 Å². The number of nitrogens with zero attached hydrogens (tertiary/aromatic N) is 4. The van der Waals surface area contributed by atoms with Crippen LogP contribution in [-0.2, 0) is 19.5 Å². The molecule has 0 aliphatic carbocycles. The summed E-state index contributed by atoms with van der Waals surface area (Å²) < 4.78 is 5.37. The van der Waals surface area contributed by atoms with E-state index in [2.05, 4.69) is 31.1 Å². The van der Waals surface area contributed by atoms with Crippen molar-refractivity contribution >= 4 is 0 Å². The molecule has 4 heterocycles. The fourth-order valence-corrected chi connectivity index (χ4v) is 2.82. The third-order valence-corrected chi connectivity index (χ3v) is 3.90. The largest absolute Gasteiger partial charge is 0.461 e. The van der Waals surface area contributed by atoms with Crippen LogP contribution in [0.4, 0.5) is 0 Å². The lowest BCUT2D eigenvalue weighted by Crippen LogP contribution is -2.31. The Morgan fingerprint density at radius 2 is 2.36 bits per heavy atom. The lowest BCUT2D eigenvalue weighted by Gasteiger charge is -2.27. The van der Waals surface area contributed by atoms with Gasteiger partial charge >= 0.3 is 0 Å². The third kappa shape index (κ3) is 2.53. The number of furan rings is 1. The van der Waals surface area contributed by atoms with Crippen LogP contribution in [-0.4, -0.2) is 31.6 Å². The highest BCUT2D eigenvalue weighted by Crippen LogP contribution is 2.22. The number of fused-ring (bicyclic) bond motifs is 1. The van der Waals surface area contributed by atoms with Crippen molar-refractivity contribution in [2.75, 3.05) is 6.54 Å². The predicted molar refractivity (Wildman–Crippen MR) is 80.9 cm³/mol. The first-order chi connectivity index (χ1) is 10.8. The van der Waals surface area contributed by atoms with E-state index in [1.807, 2.05) is 25.3 Å². The summed E-state index contributed by atoms with van der Waals surface area (Å²) in [5.41, 5.74) is 4.48. The minimum Gasteiger partial charge on any atom is -0.461 e. The Kier molecular flexibility index (Phi) is 3.23. The number of aromatic amines is 1. The van der Waals surface area contributed by atoms with Gasteiger partial charge in [-0.25, -0.2) is 9.97 Å². The molecule has 0 amide bonds. The first-order valence-electron chi connectivity index (χ1n) is 7.40. The van der Waals surface area contributed by atoms with Gasteiger partial charge in [-0.2, -0.15) is 5.10 Å². The molecule has 4 rings (SSSR count). The third-order valence-electron chi connectivity index (χ3n) is 3.90. The minimum atomic E-state index is 0.667. The number of hydrogen-bond acceptors (Lipinski definition) is 5. The maximum absolute atomic E-state index is 5.37. The van der Waals surface area contributed by atoms with Crippen LogP contribution < -0.4 is 0 Å². The first kappa shape index (κ1) is 13.2. The van der Waals surface area contributed by atoms with E-state index in [1.165, 1.54) is 5.56 Å². The van der Waals surface area contributed by atoms with Gasteiger partial charge in [0.05, 0.1) is 17.7 Å². The van der Waals surface area contributed by atoms with Crippen molar-refractivity contribution in [2.24, 2.45) is 0 Å². The van der Waals surface area contributed by atoms with E-state index in [0.717, 1.165) is 48.9 Å². The molecule has 0 saturated carbocycles. The molecule has 112 valence electrons. The normalized spacial score (nSPS) is 15.0. The molecule has 0 aromatic carbocycles. The van der Waals surface area contributed by atoms with Gasteiger partial charge in [0, 0.05) is 43.5 Å². The number of nitrogens with one attached hydrogen (secondary N) is 1. The highest BCUT2D eigenvalue weighted by atomic mass is 16.3. The Bertz CT molecular complexity index is 778. The van der Waals surface area contributed by atoms with Gasteiger partial charge in [-0.3, -0.25) is 10.00 Å². The zero-order chi connectivity index (χ0) is 14.9. The molecule has 1 N–H and O–H groups in total. The average molecular weight is 295 g/mol. The first-order valence-corrected chi connectivity index (χ1v) is 7.40. The van der Waals surface area contributed by atoms with Gasteiger partial charge in [-0.1, -0.05) is 0 Å². The molecule has 1 aliphatic rings. The molecule has 6 nitrogen and oxygen atoms in total. The summed E-state index contributed by atoms with van der Waals surface area (Å²) in [5, 5.41) is 7.29. The smallest absolute Gasteiger partial charge is 0.195 e. The Morgan fingerprint density at radius 1 is 1.41 bits per heavy atom. The van der Waals surface area contributed by atoms with Gasteiger partial charge in [-0.15, -0.1) is 0 Å². The van der Waals surface area contributed by atoms with Crippen molar-refractivity contribution in [3.05, 3.63) is 53.3 Å². The molecule has 0 unspecified atom stereocenters. The fourth-order valence-electron chi connectivity index (χ4n) is 2.82. The molecule has 0 atom stereocenters. The van der Waals surface area contributed by atoms with Crippen LogP contribution >= 0.6 is 0 Å². The maximum atomic E-state index is 5.37. The van der Waals surface area contributed by atoms with E-state index in [0.29, 0.717) is 5.82 Å². The molecule has 22 heavy (non-hydrogen) atoms. The predicted octanol–water partition coefficient (Wildman–Crippen LogP) is 2.33. The van der Waals surface area contributed by atoms with E-state index in [1.54, 1.807) is 6.26 Å². The lowest BCUT2D eigenvalue weighted by atomic mass is 10.1. The van der Waals surface area contributed by atoms with Crippen LogP contribution in [0.15, 0.2) is 35.1 Å². The van der Waals surface area contributed by atoms with Gasteiger partial charge in [0.25, 0.3) is 0 Å². The average Bonchev–Trinajstić information content (AvgIpc) is 3.19. The van der Waals surface area contributed by atoms with E-state index in [-0.39, 0.29) is 0 Å². The summed E-state index contributed by atoms with van der Waals surface area (Å²) in [4.78, 5) is 11.4. The van der Waals surface area contributed by atoms with Crippen molar-refractivity contribution in [2.45, 2.75) is 26.4 Å². The van der Waals surface area contributed by atoms with E-state index in [9.17, 15) is 0 Å². The summed E-state index contributed by atoms with van der Waals surface area (Å²) >= 11 is 0. The van der Waals surface area contributed by atoms with Crippen molar-refractivity contribution < 1.29 is 4.42 Å². The van der Waals surface area contributed by atoms with Gasteiger partial charge in [0.2, 0.25) is 0 Å². The van der Waals surface area contributed by atoms with Crippen molar-refractivity contribution in [3.8, 4) is 11.6 Å². The van der Waals surface area contributed by atoms with Crippen LogP contribution in [0.25, 0.3) is 11.6 Å². The number of H-pyrrole nitrogens is 1. The topological polar surface area (TPSA) is 70.8 Å². The standard InChI is InChI=1S/C16H17N5O/c1-11-7-13(20-19-11)10-21-5-4-14-12(9-21)8-17-16(18-14)15-3-2-6-22-15/h2-3,6-8H,4-5,9-10H2,1H3,(H,19,20). The Labute approximate surface area is 128 Å². The second-order valence-electron chi connectivity index (χ2n) is 5.65. The monoisotopic (exact) mass is 295 g/mol. The highest BCUT2D eigenvalue weighted by Gasteiger charge is 2.20. The molecule has 0 spiro atoms. The van der Waals surface area contributed by atoms with Gasteiger partial charge in [0.15, 0.2) is 11.6 Å². The summed E-state index contributed by atoms with van der Waals surface area (Å²) in [7, 11) is 0.